The molecule has 2 aliphatic rings. The van der Waals surface area contributed by atoms with E-state index in [1.807, 2.05) is 35.7 Å². The molecule has 0 amide bonds. The molecule has 1 fully saturated rings. The van der Waals surface area contributed by atoms with Crippen LogP contribution in [0.1, 0.15) is 5.56 Å². The number of nitrogens with two attached hydrogens (primary N) is 1. The highest BCUT2D eigenvalue weighted by Crippen LogP contribution is 2.30. The van der Waals surface area contributed by atoms with Gasteiger partial charge in [0.2, 0.25) is 5.95 Å². The molecule has 1 aromatic carbocycles. The van der Waals surface area contributed by atoms with Gasteiger partial charge in [0.1, 0.15) is 5.82 Å². The number of aromatic nitrogens is 2. The maximum Gasteiger partial charge on any atom is 0.228 e. The second-order valence-electron chi connectivity index (χ2n) is 7.29. The summed E-state index contributed by atoms with van der Waals surface area (Å²) in [7, 11) is -1.00. The summed E-state index contributed by atoms with van der Waals surface area (Å²) in [5.74, 6) is 2.01. The fourth-order valence-corrected chi connectivity index (χ4v) is 5.51. The first-order valence-electron chi connectivity index (χ1n) is 9.18. The van der Waals surface area contributed by atoms with Crippen LogP contribution in [0.5, 0.6) is 0 Å². The minimum Gasteiger partial charge on any atom is -0.377 e. The first-order chi connectivity index (χ1) is 13.6. The number of fused-ring (bicyclic) bond motifs is 2. The van der Waals surface area contributed by atoms with E-state index in [9.17, 15) is 4.21 Å². The van der Waals surface area contributed by atoms with E-state index in [0.717, 1.165) is 26.5 Å². The molecule has 0 radical (unpaired) electrons. The van der Waals surface area contributed by atoms with Crippen molar-refractivity contribution < 1.29 is 8.95 Å². The van der Waals surface area contributed by atoms with Crippen LogP contribution in [0.15, 0.2) is 40.6 Å². The fraction of sp³-hybridized carbons (Fsp3) is 0.368. The van der Waals surface area contributed by atoms with Crippen LogP contribution in [-0.4, -0.2) is 51.8 Å². The molecule has 4 heterocycles. The third-order valence-corrected chi connectivity index (χ3v) is 7.44. The van der Waals surface area contributed by atoms with Crippen molar-refractivity contribution in [2.24, 2.45) is 5.73 Å². The SMILES string of the molecule is NC1(CNc2nc(N3CC[S@](=O)c4ccccc4C3)nc3ccsc23)COC1. The van der Waals surface area contributed by atoms with Crippen molar-refractivity contribution in [3.63, 3.8) is 0 Å². The largest absolute Gasteiger partial charge is 0.377 e. The lowest BCUT2D eigenvalue weighted by atomic mass is 9.99. The highest BCUT2D eigenvalue weighted by Gasteiger charge is 2.34. The number of benzene rings is 1. The molecule has 3 N–H and O–H groups in total. The molecular weight excluding hydrogens is 394 g/mol. The van der Waals surface area contributed by atoms with Crippen LogP contribution in [-0.2, 0) is 22.1 Å². The van der Waals surface area contributed by atoms with E-state index in [1.54, 1.807) is 11.3 Å². The van der Waals surface area contributed by atoms with Crippen molar-refractivity contribution in [1.29, 1.82) is 0 Å². The molecule has 0 spiro atoms. The molecule has 0 aliphatic carbocycles. The lowest BCUT2D eigenvalue weighted by molar-refractivity contribution is -0.0461. The van der Waals surface area contributed by atoms with Gasteiger partial charge >= 0.3 is 0 Å². The fourth-order valence-electron chi connectivity index (χ4n) is 3.45. The maximum atomic E-state index is 12.6. The normalized spacial score (nSPS) is 21.0. The monoisotopic (exact) mass is 415 g/mol. The number of hydrogen-bond acceptors (Lipinski definition) is 8. The summed E-state index contributed by atoms with van der Waals surface area (Å²) < 4.78 is 18.8. The average molecular weight is 416 g/mol. The highest BCUT2D eigenvalue weighted by atomic mass is 32.2. The molecule has 1 atom stereocenters. The second-order valence-corrected chi connectivity index (χ2v) is 9.75. The van der Waals surface area contributed by atoms with E-state index in [4.69, 9.17) is 20.4 Å². The Morgan fingerprint density at radius 3 is 2.96 bits per heavy atom. The van der Waals surface area contributed by atoms with E-state index in [1.165, 1.54) is 0 Å². The number of anilines is 2. The second kappa shape index (κ2) is 7.07. The van der Waals surface area contributed by atoms with Gasteiger partial charge in [0.15, 0.2) is 0 Å². The van der Waals surface area contributed by atoms with Crippen molar-refractivity contribution >= 4 is 44.1 Å². The van der Waals surface area contributed by atoms with Gasteiger partial charge in [-0.05, 0) is 23.1 Å². The maximum absolute atomic E-state index is 12.6. The molecule has 0 saturated carbocycles. The predicted octanol–water partition coefficient (Wildman–Crippen LogP) is 1.96. The van der Waals surface area contributed by atoms with Gasteiger partial charge in [-0.25, -0.2) is 4.98 Å². The van der Waals surface area contributed by atoms with E-state index in [-0.39, 0.29) is 5.54 Å². The van der Waals surface area contributed by atoms with Crippen LogP contribution in [0.3, 0.4) is 0 Å². The Bertz CT molecular complexity index is 1050. The van der Waals surface area contributed by atoms with Gasteiger partial charge in [0.05, 0.1) is 39.8 Å². The number of rotatable bonds is 4. The Balaban J connectivity index is 1.48. The van der Waals surface area contributed by atoms with E-state index in [2.05, 4.69) is 10.2 Å². The zero-order valence-electron chi connectivity index (χ0n) is 15.3. The van der Waals surface area contributed by atoms with Crippen LogP contribution in [0.25, 0.3) is 10.2 Å². The molecule has 5 rings (SSSR count). The van der Waals surface area contributed by atoms with E-state index >= 15 is 0 Å². The Morgan fingerprint density at radius 1 is 1.29 bits per heavy atom. The molecule has 146 valence electrons. The zero-order chi connectivity index (χ0) is 19.1. The number of ether oxygens (including phenoxy) is 1. The van der Waals surface area contributed by atoms with Crippen molar-refractivity contribution in [2.75, 3.05) is 42.3 Å². The van der Waals surface area contributed by atoms with Crippen molar-refractivity contribution in [2.45, 2.75) is 17.0 Å². The Morgan fingerprint density at radius 2 is 2.14 bits per heavy atom. The lowest BCUT2D eigenvalue weighted by Gasteiger charge is -2.37. The van der Waals surface area contributed by atoms with Crippen molar-refractivity contribution in [1.82, 2.24) is 9.97 Å². The topological polar surface area (TPSA) is 93.4 Å². The van der Waals surface area contributed by atoms with E-state index < -0.39 is 10.8 Å². The van der Waals surface area contributed by atoms with Gasteiger partial charge in [-0.15, -0.1) is 11.3 Å². The Kier molecular flexibility index (Phi) is 4.54. The smallest absolute Gasteiger partial charge is 0.228 e. The molecule has 2 aromatic heterocycles. The standard InChI is InChI=1S/C19H21N5O2S2/c20-19(11-26-12-19)10-21-17-16-14(5-7-27-16)22-18(23-17)24-6-8-28(25)15-4-2-1-3-13(15)9-24/h1-5,7H,6,8-12,20H2,(H,21,22,23)/t28-/m0/s1. The Labute approximate surface area is 169 Å². The molecule has 28 heavy (non-hydrogen) atoms. The summed E-state index contributed by atoms with van der Waals surface area (Å²) in [6.07, 6.45) is 0. The van der Waals surface area contributed by atoms with Gasteiger partial charge in [-0.2, -0.15) is 4.98 Å². The van der Waals surface area contributed by atoms with Crippen molar-refractivity contribution in [3.05, 3.63) is 41.3 Å². The summed E-state index contributed by atoms with van der Waals surface area (Å²) >= 11 is 1.61. The summed E-state index contributed by atoms with van der Waals surface area (Å²) in [5.41, 5.74) is 7.90. The first-order valence-corrected chi connectivity index (χ1v) is 11.4. The van der Waals surface area contributed by atoms with Gasteiger partial charge in [0.25, 0.3) is 0 Å². The number of thiophene rings is 1. The minimum absolute atomic E-state index is 0.340. The third-order valence-electron chi connectivity index (χ3n) is 5.09. The van der Waals surface area contributed by atoms with Crippen molar-refractivity contribution in [3.8, 4) is 0 Å². The van der Waals surface area contributed by atoms with Crippen LogP contribution >= 0.6 is 11.3 Å². The number of nitrogens with one attached hydrogen (secondary N) is 1. The number of hydrogen-bond donors (Lipinski definition) is 2. The van der Waals surface area contributed by atoms with Crippen LogP contribution in [0, 0.1) is 0 Å². The quantitative estimate of drug-likeness (QED) is 0.673. The lowest BCUT2D eigenvalue weighted by Crippen LogP contribution is -2.61. The summed E-state index contributed by atoms with van der Waals surface area (Å²) in [6, 6.07) is 9.91. The predicted molar refractivity (Wildman–Crippen MR) is 112 cm³/mol. The molecule has 1 saturated heterocycles. The summed E-state index contributed by atoms with van der Waals surface area (Å²) in [6.45, 7) is 3.00. The molecule has 3 aromatic rings. The highest BCUT2D eigenvalue weighted by molar-refractivity contribution is 7.85. The molecular formula is C19H21N5O2S2. The zero-order valence-corrected chi connectivity index (χ0v) is 16.9. The van der Waals surface area contributed by atoms with Gasteiger partial charge in [-0.1, -0.05) is 18.2 Å². The summed E-state index contributed by atoms with van der Waals surface area (Å²) in [5, 5.41) is 5.43. The van der Waals surface area contributed by atoms with E-state index in [0.29, 0.717) is 44.5 Å². The molecule has 7 nitrogen and oxygen atoms in total. The van der Waals surface area contributed by atoms with Crippen LogP contribution < -0.4 is 16.0 Å². The number of nitrogens with zero attached hydrogens (tertiary/aromatic N) is 3. The molecule has 9 heteroatoms. The van der Waals surface area contributed by atoms with Crippen LogP contribution in [0.2, 0.25) is 0 Å². The molecule has 0 bridgehead atoms. The summed E-state index contributed by atoms with van der Waals surface area (Å²) in [4.78, 5) is 12.6. The third kappa shape index (κ3) is 3.28. The minimum atomic E-state index is -1.00. The average Bonchev–Trinajstić information content (AvgIpc) is 3.09. The Hall–Kier alpha value is -2.07. The molecule has 0 unspecified atom stereocenters. The van der Waals surface area contributed by atoms with Gasteiger partial charge < -0.3 is 20.7 Å². The molecule has 2 aliphatic heterocycles. The van der Waals surface area contributed by atoms with Crippen LogP contribution in [0.4, 0.5) is 11.8 Å². The van der Waals surface area contributed by atoms with Gasteiger partial charge in [-0.3, -0.25) is 4.21 Å². The van der Waals surface area contributed by atoms with Gasteiger partial charge in [0, 0.05) is 30.3 Å². The first kappa shape index (κ1) is 18.0.